The predicted molar refractivity (Wildman–Crippen MR) is 119 cm³/mol. The number of rotatable bonds is 4. The van der Waals surface area contributed by atoms with Gasteiger partial charge in [0, 0.05) is 60.9 Å². The summed E-state index contributed by atoms with van der Waals surface area (Å²) in [6.45, 7) is 3.70. The topological polar surface area (TPSA) is 82.9 Å². The molecule has 8 nitrogen and oxygen atoms in total. The molecule has 2 aliphatic rings. The number of thiophene rings is 1. The first-order valence-corrected chi connectivity index (χ1v) is 11.6. The SMILES string of the molecule is O=C(c1ccsc1)N1CCC(N2CC(n3cc(-c4ncnc5[nH]ccc45)cn3)C2)CC1. The lowest BCUT2D eigenvalue weighted by atomic mass is 9.97. The summed E-state index contributed by atoms with van der Waals surface area (Å²) in [5, 5.41) is 9.54. The van der Waals surface area contributed by atoms with Crippen LogP contribution in [0.1, 0.15) is 29.2 Å². The fourth-order valence-electron chi connectivity index (χ4n) is 4.72. The highest BCUT2D eigenvalue weighted by molar-refractivity contribution is 7.08. The van der Waals surface area contributed by atoms with E-state index in [0.717, 1.165) is 66.9 Å². The molecule has 6 rings (SSSR count). The van der Waals surface area contributed by atoms with Gasteiger partial charge in [0.05, 0.1) is 23.5 Å². The van der Waals surface area contributed by atoms with Crippen molar-refractivity contribution in [1.29, 1.82) is 0 Å². The van der Waals surface area contributed by atoms with Crippen LogP contribution in [0.4, 0.5) is 0 Å². The first-order chi connectivity index (χ1) is 15.3. The van der Waals surface area contributed by atoms with Crippen LogP contribution in [0.2, 0.25) is 0 Å². The number of carbonyl (C=O) groups excluding carboxylic acids is 1. The van der Waals surface area contributed by atoms with Crippen molar-refractivity contribution >= 4 is 28.3 Å². The number of hydrogen-bond acceptors (Lipinski definition) is 6. The lowest BCUT2D eigenvalue weighted by Gasteiger charge is -2.47. The van der Waals surface area contributed by atoms with Gasteiger partial charge in [-0.3, -0.25) is 14.4 Å². The molecule has 158 valence electrons. The van der Waals surface area contributed by atoms with E-state index in [9.17, 15) is 4.79 Å². The van der Waals surface area contributed by atoms with Crippen LogP contribution < -0.4 is 0 Å². The Morgan fingerprint density at radius 3 is 2.81 bits per heavy atom. The van der Waals surface area contributed by atoms with E-state index in [0.29, 0.717) is 12.1 Å². The van der Waals surface area contributed by atoms with E-state index in [1.807, 2.05) is 40.2 Å². The normalized spacial score (nSPS) is 18.5. The van der Waals surface area contributed by atoms with Gasteiger partial charge in [-0.2, -0.15) is 16.4 Å². The standard InChI is InChI=1S/C22H23N7OS/c30-22(15-4-8-31-13-15)27-6-2-17(3-7-27)28-11-18(12-28)29-10-16(9-26-29)20-19-1-5-23-21(19)25-14-24-20/h1,4-5,8-10,13-14,17-18H,2-3,6-7,11-12H2,(H,23,24,25). The molecule has 0 atom stereocenters. The number of aromatic nitrogens is 5. The summed E-state index contributed by atoms with van der Waals surface area (Å²) >= 11 is 1.58. The third-order valence-electron chi connectivity index (χ3n) is 6.53. The fourth-order valence-corrected chi connectivity index (χ4v) is 5.35. The average Bonchev–Trinajstić information content (AvgIpc) is 3.54. The van der Waals surface area contributed by atoms with Gasteiger partial charge in [-0.1, -0.05) is 0 Å². The van der Waals surface area contributed by atoms with E-state index in [4.69, 9.17) is 0 Å². The van der Waals surface area contributed by atoms with E-state index >= 15 is 0 Å². The Morgan fingerprint density at radius 2 is 2.00 bits per heavy atom. The number of nitrogens with one attached hydrogen (secondary N) is 1. The van der Waals surface area contributed by atoms with Crippen molar-refractivity contribution in [3.8, 4) is 11.3 Å². The van der Waals surface area contributed by atoms with E-state index in [1.165, 1.54) is 0 Å². The number of piperidine rings is 1. The Kier molecular flexibility index (Phi) is 4.57. The van der Waals surface area contributed by atoms with E-state index < -0.39 is 0 Å². The van der Waals surface area contributed by atoms with Crippen LogP contribution in [0.25, 0.3) is 22.3 Å². The third kappa shape index (κ3) is 3.34. The number of amides is 1. The van der Waals surface area contributed by atoms with Crippen molar-refractivity contribution in [2.45, 2.75) is 24.9 Å². The summed E-state index contributed by atoms with van der Waals surface area (Å²) in [5.74, 6) is 0.173. The van der Waals surface area contributed by atoms with Crippen molar-refractivity contribution in [3.63, 3.8) is 0 Å². The first-order valence-electron chi connectivity index (χ1n) is 10.6. The van der Waals surface area contributed by atoms with Gasteiger partial charge in [0.2, 0.25) is 0 Å². The second-order valence-electron chi connectivity index (χ2n) is 8.31. The summed E-state index contributed by atoms with van der Waals surface area (Å²) in [5.41, 5.74) is 3.60. The van der Waals surface area contributed by atoms with Gasteiger partial charge in [-0.25, -0.2) is 9.97 Å². The molecule has 9 heteroatoms. The molecule has 2 saturated heterocycles. The van der Waals surface area contributed by atoms with E-state index in [-0.39, 0.29) is 5.91 Å². The van der Waals surface area contributed by atoms with Gasteiger partial charge in [-0.15, -0.1) is 0 Å². The Bertz CT molecular complexity index is 1200. The summed E-state index contributed by atoms with van der Waals surface area (Å²) < 4.78 is 2.07. The third-order valence-corrected chi connectivity index (χ3v) is 7.21. The molecule has 0 spiro atoms. The van der Waals surface area contributed by atoms with Gasteiger partial charge >= 0.3 is 0 Å². The summed E-state index contributed by atoms with van der Waals surface area (Å²) in [7, 11) is 0. The van der Waals surface area contributed by atoms with Crippen LogP contribution in [-0.2, 0) is 0 Å². The van der Waals surface area contributed by atoms with E-state index in [1.54, 1.807) is 17.7 Å². The van der Waals surface area contributed by atoms with Gasteiger partial charge in [0.25, 0.3) is 5.91 Å². The van der Waals surface area contributed by atoms with Crippen LogP contribution in [0, 0.1) is 0 Å². The Morgan fingerprint density at radius 1 is 1.13 bits per heavy atom. The molecule has 0 saturated carbocycles. The zero-order valence-electron chi connectivity index (χ0n) is 17.0. The number of aromatic amines is 1. The Hall–Kier alpha value is -3.04. The lowest BCUT2D eigenvalue weighted by molar-refractivity contribution is 0.0198. The highest BCUT2D eigenvalue weighted by Gasteiger charge is 2.36. The molecule has 4 aromatic rings. The molecule has 2 fully saturated rings. The van der Waals surface area contributed by atoms with Gasteiger partial charge in [0.1, 0.15) is 12.0 Å². The van der Waals surface area contributed by atoms with Crippen LogP contribution in [0.3, 0.4) is 0 Å². The molecule has 4 aromatic heterocycles. The zero-order chi connectivity index (χ0) is 20.8. The van der Waals surface area contributed by atoms with Crippen molar-refractivity contribution < 1.29 is 4.79 Å². The lowest BCUT2D eigenvalue weighted by Crippen LogP contribution is -2.56. The van der Waals surface area contributed by atoms with Crippen molar-refractivity contribution in [3.05, 3.63) is 53.4 Å². The molecule has 0 bridgehead atoms. The molecule has 0 radical (unpaired) electrons. The molecular weight excluding hydrogens is 410 g/mol. The molecule has 0 aliphatic carbocycles. The highest BCUT2D eigenvalue weighted by atomic mass is 32.1. The van der Waals surface area contributed by atoms with E-state index in [2.05, 4.69) is 35.8 Å². The van der Waals surface area contributed by atoms with Crippen molar-refractivity contribution in [2.75, 3.05) is 26.2 Å². The molecule has 1 amide bonds. The second kappa shape index (κ2) is 7.58. The number of fused-ring (bicyclic) bond motifs is 1. The molecule has 31 heavy (non-hydrogen) atoms. The van der Waals surface area contributed by atoms with Crippen molar-refractivity contribution in [1.82, 2.24) is 34.5 Å². The molecular formula is C22H23N7OS. The van der Waals surface area contributed by atoms with Gasteiger partial charge < -0.3 is 9.88 Å². The van der Waals surface area contributed by atoms with Crippen LogP contribution >= 0.6 is 11.3 Å². The molecule has 6 heterocycles. The summed E-state index contributed by atoms with van der Waals surface area (Å²) in [6, 6.07) is 4.87. The number of hydrogen-bond donors (Lipinski definition) is 1. The molecule has 0 unspecified atom stereocenters. The predicted octanol–water partition coefficient (Wildman–Crippen LogP) is 3.04. The second-order valence-corrected chi connectivity index (χ2v) is 9.09. The first kappa shape index (κ1) is 18.7. The number of carbonyl (C=O) groups is 1. The zero-order valence-corrected chi connectivity index (χ0v) is 17.8. The summed E-state index contributed by atoms with van der Waals surface area (Å²) in [6.07, 6.45) is 9.55. The Balaban J connectivity index is 1.06. The quantitative estimate of drug-likeness (QED) is 0.535. The minimum Gasteiger partial charge on any atom is -0.346 e. The average molecular weight is 434 g/mol. The number of nitrogens with zero attached hydrogens (tertiary/aromatic N) is 6. The monoisotopic (exact) mass is 433 g/mol. The molecule has 2 aliphatic heterocycles. The van der Waals surface area contributed by atoms with Gasteiger partial charge in [-0.05, 0) is 30.4 Å². The number of likely N-dealkylation sites (tertiary alicyclic amines) is 2. The maximum Gasteiger partial charge on any atom is 0.254 e. The van der Waals surface area contributed by atoms with Crippen LogP contribution in [-0.4, -0.2) is 72.7 Å². The van der Waals surface area contributed by atoms with Crippen LogP contribution in [0.5, 0.6) is 0 Å². The Labute approximate surface area is 183 Å². The molecule has 0 aromatic carbocycles. The maximum atomic E-state index is 12.5. The maximum absolute atomic E-state index is 12.5. The minimum atomic E-state index is 0.173. The number of H-pyrrole nitrogens is 1. The largest absolute Gasteiger partial charge is 0.346 e. The van der Waals surface area contributed by atoms with Crippen molar-refractivity contribution in [2.24, 2.45) is 0 Å². The molecule has 1 N–H and O–H groups in total. The van der Waals surface area contributed by atoms with Gasteiger partial charge in [0.15, 0.2) is 0 Å². The summed E-state index contributed by atoms with van der Waals surface area (Å²) in [4.78, 5) is 28.9. The van der Waals surface area contributed by atoms with Crippen LogP contribution in [0.15, 0.2) is 47.8 Å². The fraction of sp³-hybridized carbons (Fsp3) is 0.364. The smallest absolute Gasteiger partial charge is 0.254 e. The minimum absolute atomic E-state index is 0.173. The highest BCUT2D eigenvalue weighted by Crippen LogP contribution is 2.30.